The number of hydrogen-bond acceptors (Lipinski definition) is 5. The number of hydrogen-bond donors (Lipinski definition) is 3. The molecule has 26 heavy (non-hydrogen) atoms. The lowest BCUT2D eigenvalue weighted by Crippen LogP contribution is -2.48. The molecule has 1 aliphatic rings. The van der Waals surface area contributed by atoms with Crippen LogP contribution < -0.4 is 5.32 Å². The first-order valence-corrected chi connectivity index (χ1v) is 8.93. The third-order valence-corrected chi connectivity index (χ3v) is 4.74. The van der Waals surface area contributed by atoms with Gasteiger partial charge in [0, 0.05) is 31.3 Å². The number of fused-ring (bicyclic) bond motifs is 1. The number of carbonyl (C=O) groups is 2. The number of piperidine rings is 1. The molecule has 1 atom stereocenters. The lowest BCUT2D eigenvalue weighted by atomic mass is 9.76. The van der Waals surface area contributed by atoms with Crippen LogP contribution in [0.15, 0.2) is 34.9 Å². The van der Waals surface area contributed by atoms with E-state index in [0.717, 1.165) is 23.8 Å². The first kappa shape index (κ1) is 18.5. The third-order valence-electron chi connectivity index (χ3n) is 4.74. The summed E-state index contributed by atoms with van der Waals surface area (Å²) in [4.78, 5) is 25.7. The summed E-state index contributed by atoms with van der Waals surface area (Å²) in [5.41, 5.74) is 1.51. The molecule has 3 rings (SSSR count). The number of amides is 2. The average molecular weight is 358 g/mol. The SMILES string of the molecule is O=C(CCN1CCCCC1=O)N[C@@H](Cc1coc2ccccc12)B(O)O. The number of rotatable bonds is 7. The van der Waals surface area contributed by atoms with E-state index in [-0.39, 0.29) is 24.7 Å². The quantitative estimate of drug-likeness (QED) is 0.638. The van der Waals surface area contributed by atoms with Crippen LogP contribution in [0.4, 0.5) is 0 Å². The minimum Gasteiger partial charge on any atom is -0.464 e. The first-order chi connectivity index (χ1) is 12.5. The van der Waals surface area contributed by atoms with Gasteiger partial charge in [0.1, 0.15) is 5.58 Å². The highest BCUT2D eigenvalue weighted by molar-refractivity contribution is 6.43. The van der Waals surface area contributed by atoms with Gasteiger partial charge < -0.3 is 24.7 Å². The standard InChI is InChI=1S/C18H23BN2O5/c22-17(8-10-21-9-4-3-7-18(21)23)20-16(19(24)25)11-13-12-26-15-6-2-1-5-14(13)15/h1-2,5-6,12,16,24-25H,3-4,7-11H2,(H,20,22)/t16-/m0/s1. The molecule has 0 saturated carbocycles. The molecule has 1 fully saturated rings. The summed E-state index contributed by atoms with van der Waals surface area (Å²) < 4.78 is 5.45. The first-order valence-electron chi connectivity index (χ1n) is 8.93. The van der Waals surface area contributed by atoms with Gasteiger partial charge in [0.05, 0.1) is 12.2 Å². The summed E-state index contributed by atoms with van der Waals surface area (Å²) in [5, 5.41) is 22.8. The number of carbonyl (C=O) groups excluding carboxylic acids is 2. The normalized spacial score (nSPS) is 15.9. The van der Waals surface area contributed by atoms with Gasteiger partial charge in [-0.15, -0.1) is 0 Å². The van der Waals surface area contributed by atoms with E-state index in [2.05, 4.69) is 5.32 Å². The molecule has 0 radical (unpaired) electrons. The van der Waals surface area contributed by atoms with Crippen molar-refractivity contribution in [3.8, 4) is 0 Å². The zero-order valence-corrected chi connectivity index (χ0v) is 14.6. The number of nitrogens with zero attached hydrogens (tertiary/aromatic N) is 1. The van der Waals surface area contributed by atoms with Crippen LogP contribution in [0.25, 0.3) is 11.0 Å². The largest absolute Gasteiger partial charge is 0.475 e. The van der Waals surface area contributed by atoms with Crippen molar-refractivity contribution in [1.29, 1.82) is 0 Å². The predicted octanol–water partition coefficient (Wildman–Crippen LogP) is 0.875. The van der Waals surface area contributed by atoms with Gasteiger partial charge in [-0.05, 0) is 30.9 Å². The maximum Gasteiger partial charge on any atom is 0.475 e. The van der Waals surface area contributed by atoms with Crippen molar-refractivity contribution in [1.82, 2.24) is 10.2 Å². The average Bonchev–Trinajstić information content (AvgIpc) is 3.03. The number of furan rings is 1. The molecule has 2 amide bonds. The second kappa shape index (κ2) is 8.38. The Balaban J connectivity index is 1.57. The van der Waals surface area contributed by atoms with Crippen LogP contribution in [0.2, 0.25) is 0 Å². The summed E-state index contributed by atoms with van der Waals surface area (Å²) >= 11 is 0. The number of para-hydroxylation sites is 1. The van der Waals surface area contributed by atoms with Crippen molar-refractivity contribution < 1.29 is 24.1 Å². The predicted molar refractivity (Wildman–Crippen MR) is 97.1 cm³/mol. The fourth-order valence-electron chi connectivity index (χ4n) is 3.27. The summed E-state index contributed by atoms with van der Waals surface area (Å²) in [6.45, 7) is 1.03. The zero-order chi connectivity index (χ0) is 18.5. The van der Waals surface area contributed by atoms with Gasteiger partial charge in [0.25, 0.3) is 0 Å². The number of likely N-dealkylation sites (tertiary alicyclic amines) is 1. The Labute approximate surface area is 152 Å². The molecule has 138 valence electrons. The molecule has 1 aromatic carbocycles. The molecule has 0 unspecified atom stereocenters. The Bertz CT molecular complexity index is 776. The fourth-order valence-corrected chi connectivity index (χ4v) is 3.27. The van der Waals surface area contributed by atoms with Crippen LogP contribution in [0.1, 0.15) is 31.2 Å². The number of benzene rings is 1. The number of nitrogens with one attached hydrogen (secondary N) is 1. The van der Waals surface area contributed by atoms with Gasteiger partial charge in [0.2, 0.25) is 11.8 Å². The minimum atomic E-state index is -1.69. The maximum absolute atomic E-state index is 12.2. The van der Waals surface area contributed by atoms with Crippen molar-refractivity contribution in [3.05, 3.63) is 36.1 Å². The van der Waals surface area contributed by atoms with Crippen LogP contribution in [-0.2, 0) is 16.0 Å². The van der Waals surface area contributed by atoms with Gasteiger partial charge in [-0.1, -0.05) is 18.2 Å². The van der Waals surface area contributed by atoms with E-state index in [1.54, 1.807) is 11.2 Å². The smallest absolute Gasteiger partial charge is 0.464 e. The highest BCUT2D eigenvalue weighted by Gasteiger charge is 2.27. The van der Waals surface area contributed by atoms with Crippen molar-refractivity contribution in [2.75, 3.05) is 13.1 Å². The molecule has 2 aromatic rings. The molecule has 8 heteroatoms. The molecular formula is C18H23BN2O5. The molecule has 1 saturated heterocycles. The van der Waals surface area contributed by atoms with Gasteiger partial charge >= 0.3 is 7.12 Å². The van der Waals surface area contributed by atoms with Crippen LogP contribution in [0.5, 0.6) is 0 Å². The fraction of sp³-hybridized carbons (Fsp3) is 0.444. The Hall–Kier alpha value is -2.32. The van der Waals surface area contributed by atoms with E-state index in [0.29, 0.717) is 25.1 Å². The van der Waals surface area contributed by atoms with Crippen molar-refractivity contribution in [3.63, 3.8) is 0 Å². The van der Waals surface area contributed by atoms with Crippen LogP contribution >= 0.6 is 0 Å². The van der Waals surface area contributed by atoms with E-state index in [1.165, 1.54) is 0 Å². The van der Waals surface area contributed by atoms with Crippen LogP contribution in [0, 0.1) is 0 Å². The molecule has 1 aliphatic heterocycles. The topological polar surface area (TPSA) is 103 Å². The zero-order valence-electron chi connectivity index (χ0n) is 14.6. The van der Waals surface area contributed by atoms with E-state index in [1.807, 2.05) is 24.3 Å². The molecule has 1 aromatic heterocycles. The molecule has 2 heterocycles. The van der Waals surface area contributed by atoms with Crippen LogP contribution in [0.3, 0.4) is 0 Å². The molecule has 3 N–H and O–H groups in total. The Morgan fingerprint density at radius 3 is 2.88 bits per heavy atom. The van der Waals surface area contributed by atoms with E-state index in [4.69, 9.17) is 4.42 Å². The van der Waals surface area contributed by atoms with E-state index < -0.39 is 13.1 Å². The molecule has 0 bridgehead atoms. The lowest BCUT2D eigenvalue weighted by Gasteiger charge is -2.26. The van der Waals surface area contributed by atoms with Gasteiger partial charge in [-0.2, -0.15) is 0 Å². The van der Waals surface area contributed by atoms with Crippen molar-refractivity contribution in [2.24, 2.45) is 0 Å². The van der Waals surface area contributed by atoms with Crippen molar-refractivity contribution >= 4 is 29.9 Å². The molecule has 0 spiro atoms. The van der Waals surface area contributed by atoms with Crippen LogP contribution in [-0.4, -0.2) is 52.9 Å². The monoisotopic (exact) mass is 358 g/mol. The second-order valence-electron chi connectivity index (χ2n) is 6.64. The summed E-state index contributed by atoms with van der Waals surface area (Å²) in [7, 11) is -1.69. The third kappa shape index (κ3) is 4.45. The van der Waals surface area contributed by atoms with E-state index in [9.17, 15) is 19.6 Å². The Kier molecular flexibility index (Phi) is 5.95. The molecular weight excluding hydrogens is 335 g/mol. The molecule has 0 aliphatic carbocycles. The second-order valence-corrected chi connectivity index (χ2v) is 6.64. The maximum atomic E-state index is 12.2. The highest BCUT2D eigenvalue weighted by atomic mass is 16.4. The van der Waals surface area contributed by atoms with Crippen molar-refractivity contribution in [2.45, 2.75) is 38.0 Å². The van der Waals surface area contributed by atoms with E-state index >= 15 is 0 Å². The van der Waals surface area contributed by atoms with Gasteiger partial charge in [-0.25, -0.2) is 0 Å². The Morgan fingerprint density at radius 1 is 1.31 bits per heavy atom. The summed E-state index contributed by atoms with van der Waals surface area (Å²) in [6, 6.07) is 7.45. The van der Waals surface area contributed by atoms with Gasteiger partial charge in [-0.3, -0.25) is 9.59 Å². The lowest BCUT2D eigenvalue weighted by molar-refractivity contribution is -0.133. The minimum absolute atomic E-state index is 0.0765. The highest BCUT2D eigenvalue weighted by Crippen LogP contribution is 2.22. The summed E-state index contributed by atoms with van der Waals surface area (Å²) in [6.07, 6.45) is 4.34. The van der Waals surface area contributed by atoms with Gasteiger partial charge in [0.15, 0.2) is 0 Å². The summed E-state index contributed by atoms with van der Waals surface area (Å²) in [5.74, 6) is -1.08. The molecule has 7 nitrogen and oxygen atoms in total. The Morgan fingerprint density at radius 2 is 2.12 bits per heavy atom.